The SMILES string of the molecule is N[C@@H](c1ccc2c(c1)OCCO2)C(F)(F)F. The van der Waals surface area contributed by atoms with Gasteiger partial charge in [-0.3, -0.25) is 0 Å². The van der Waals surface area contributed by atoms with Crippen molar-refractivity contribution in [3.05, 3.63) is 23.8 Å². The lowest BCUT2D eigenvalue weighted by Gasteiger charge is -2.21. The molecule has 0 saturated heterocycles. The van der Waals surface area contributed by atoms with E-state index >= 15 is 0 Å². The van der Waals surface area contributed by atoms with Crippen LogP contribution in [0.3, 0.4) is 0 Å². The monoisotopic (exact) mass is 233 g/mol. The Hall–Kier alpha value is -1.43. The maximum Gasteiger partial charge on any atom is 0.407 e. The number of fused-ring (bicyclic) bond motifs is 1. The summed E-state index contributed by atoms with van der Waals surface area (Å²) in [4.78, 5) is 0. The van der Waals surface area contributed by atoms with Crippen LogP contribution in [0.2, 0.25) is 0 Å². The van der Waals surface area contributed by atoms with Crippen molar-refractivity contribution in [2.45, 2.75) is 12.2 Å². The first-order valence-corrected chi connectivity index (χ1v) is 4.70. The summed E-state index contributed by atoms with van der Waals surface area (Å²) in [5, 5.41) is 0. The molecule has 2 N–H and O–H groups in total. The van der Waals surface area contributed by atoms with E-state index in [0.29, 0.717) is 24.7 Å². The number of rotatable bonds is 1. The van der Waals surface area contributed by atoms with E-state index in [1.807, 2.05) is 0 Å². The molecule has 0 aliphatic carbocycles. The predicted octanol–water partition coefficient (Wildman–Crippen LogP) is 2.02. The molecule has 1 aliphatic rings. The number of halogens is 3. The van der Waals surface area contributed by atoms with Gasteiger partial charge in [-0.05, 0) is 17.7 Å². The third kappa shape index (κ3) is 2.06. The molecular formula is C10H10F3NO2. The molecule has 1 aliphatic heterocycles. The van der Waals surface area contributed by atoms with E-state index < -0.39 is 12.2 Å². The molecule has 0 bridgehead atoms. The molecule has 88 valence electrons. The van der Waals surface area contributed by atoms with E-state index in [1.54, 1.807) is 0 Å². The van der Waals surface area contributed by atoms with Crippen molar-refractivity contribution in [2.75, 3.05) is 13.2 Å². The summed E-state index contributed by atoms with van der Waals surface area (Å²) >= 11 is 0. The normalized spacial score (nSPS) is 17.0. The summed E-state index contributed by atoms with van der Waals surface area (Å²) in [5.41, 5.74) is 5.05. The minimum atomic E-state index is -4.45. The van der Waals surface area contributed by atoms with Gasteiger partial charge in [0.2, 0.25) is 0 Å². The molecule has 0 radical (unpaired) electrons. The average molecular weight is 233 g/mol. The number of nitrogens with two attached hydrogens (primary N) is 1. The number of hydrogen-bond acceptors (Lipinski definition) is 3. The van der Waals surface area contributed by atoms with Gasteiger partial charge in [0.25, 0.3) is 0 Å². The van der Waals surface area contributed by atoms with E-state index in [2.05, 4.69) is 0 Å². The number of benzene rings is 1. The van der Waals surface area contributed by atoms with Gasteiger partial charge in [-0.1, -0.05) is 6.07 Å². The summed E-state index contributed by atoms with van der Waals surface area (Å²) in [5.74, 6) is 0.757. The fourth-order valence-electron chi connectivity index (χ4n) is 1.44. The van der Waals surface area contributed by atoms with Gasteiger partial charge >= 0.3 is 6.18 Å². The van der Waals surface area contributed by atoms with Crippen LogP contribution in [0, 0.1) is 0 Å². The Bertz CT molecular complexity index is 392. The van der Waals surface area contributed by atoms with Crippen LogP contribution in [-0.4, -0.2) is 19.4 Å². The zero-order valence-corrected chi connectivity index (χ0v) is 8.25. The first kappa shape index (κ1) is 11.1. The maximum absolute atomic E-state index is 12.4. The summed E-state index contributed by atoms with van der Waals surface area (Å²) in [7, 11) is 0. The second-order valence-corrected chi connectivity index (χ2v) is 3.42. The molecule has 0 unspecified atom stereocenters. The molecule has 3 nitrogen and oxygen atoms in total. The lowest BCUT2D eigenvalue weighted by molar-refractivity contribution is -0.149. The molecule has 16 heavy (non-hydrogen) atoms. The quantitative estimate of drug-likeness (QED) is 0.807. The molecule has 1 heterocycles. The highest BCUT2D eigenvalue weighted by molar-refractivity contribution is 5.44. The van der Waals surface area contributed by atoms with Crippen molar-refractivity contribution in [3.63, 3.8) is 0 Å². The van der Waals surface area contributed by atoms with Crippen molar-refractivity contribution in [2.24, 2.45) is 5.73 Å². The van der Waals surface area contributed by atoms with Gasteiger partial charge in [-0.2, -0.15) is 13.2 Å². The van der Waals surface area contributed by atoms with Gasteiger partial charge < -0.3 is 15.2 Å². The van der Waals surface area contributed by atoms with Crippen LogP contribution in [0.5, 0.6) is 11.5 Å². The van der Waals surface area contributed by atoms with E-state index in [0.717, 1.165) is 0 Å². The Morgan fingerprint density at radius 1 is 1.12 bits per heavy atom. The smallest absolute Gasteiger partial charge is 0.407 e. The van der Waals surface area contributed by atoms with Crippen LogP contribution < -0.4 is 15.2 Å². The molecule has 0 fully saturated rings. The molecule has 1 atom stereocenters. The highest BCUT2D eigenvalue weighted by Gasteiger charge is 2.38. The number of alkyl halides is 3. The lowest BCUT2D eigenvalue weighted by atomic mass is 10.1. The molecule has 6 heteroatoms. The van der Waals surface area contributed by atoms with E-state index in [1.165, 1.54) is 18.2 Å². The Morgan fingerprint density at radius 3 is 2.38 bits per heavy atom. The molecule has 0 amide bonds. The van der Waals surface area contributed by atoms with Crippen molar-refractivity contribution >= 4 is 0 Å². The summed E-state index contributed by atoms with van der Waals surface area (Å²) in [6, 6.07) is 2.01. The Balaban J connectivity index is 2.30. The van der Waals surface area contributed by atoms with Gasteiger partial charge in [0.15, 0.2) is 11.5 Å². The van der Waals surface area contributed by atoms with Gasteiger partial charge in [0.1, 0.15) is 19.3 Å². The van der Waals surface area contributed by atoms with Crippen LogP contribution in [-0.2, 0) is 0 Å². The first-order chi connectivity index (χ1) is 7.48. The average Bonchev–Trinajstić information content (AvgIpc) is 2.26. The van der Waals surface area contributed by atoms with Crippen LogP contribution in [0.15, 0.2) is 18.2 Å². The van der Waals surface area contributed by atoms with Crippen molar-refractivity contribution < 1.29 is 22.6 Å². The zero-order valence-electron chi connectivity index (χ0n) is 8.25. The topological polar surface area (TPSA) is 44.5 Å². The first-order valence-electron chi connectivity index (χ1n) is 4.70. The molecule has 0 spiro atoms. The third-order valence-corrected chi connectivity index (χ3v) is 2.28. The van der Waals surface area contributed by atoms with Crippen LogP contribution in [0.25, 0.3) is 0 Å². The van der Waals surface area contributed by atoms with Crippen LogP contribution in [0.4, 0.5) is 13.2 Å². The Morgan fingerprint density at radius 2 is 1.75 bits per heavy atom. The second kappa shape index (κ2) is 3.86. The van der Waals surface area contributed by atoms with E-state index in [4.69, 9.17) is 15.2 Å². The van der Waals surface area contributed by atoms with Crippen LogP contribution in [0.1, 0.15) is 11.6 Å². The highest BCUT2D eigenvalue weighted by atomic mass is 19.4. The third-order valence-electron chi connectivity index (χ3n) is 2.28. The van der Waals surface area contributed by atoms with Crippen molar-refractivity contribution in [1.29, 1.82) is 0 Å². The van der Waals surface area contributed by atoms with Crippen LogP contribution >= 0.6 is 0 Å². The molecule has 0 aromatic heterocycles. The Labute approximate surface area is 89.9 Å². The maximum atomic E-state index is 12.4. The molecule has 1 aromatic rings. The number of ether oxygens (including phenoxy) is 2. The van der Waals surface area contributed by atoms with E-state index in [-0.39, 0.29) is 5.56 Å². The van der Waals surface area contributed by atoms with Crippen molar-refractivity contribution in [1.82, 2.24) is 0 Å². The van der Waals surface area contributed by atoms with Gasteiger partial charge in [0.05, 0.1) is 0 Å². The second-order valence-electron chi connectivity index (χ2n) is 3.42. The highest BCUT2D eigenvalue weighted by Crippen LogP contribution is 2.36. The Kier molecular flexibility index (Phi) is 2.67. The minimum absolute atomic E-state index is 0.0308. The molecule has 1 aromatic carbocycles. The zero-order chi connectivity index (χ0) is 11.8. The fraction of sp³-hybridized carbons (Fsp3) is 0.400. The number of hydrogen-bond donors (Lipinski definition) is 1. The van der Waals surface area contributed by atoms with Gasteiger partial charge in [-0.25, -0.2) is 0 Å². The molecule has 0 saturated carbocycles. The fourth-order valence-corrected chi connectivity index (χ4v) is 1.44. The predicted molar refractivity (Wildman–Crippen MR) is 50.4 cm³/mol. The lowest BCUT2D eigenvalue weighted by Crippen LogP contribution is -2.28. The largest absolute Gasteiger partial charge is 0.486 e. The summed E-state index contributed by atoms with van der Waals surface area (Å²) < 4.78 is 47.5. The summed E-state index contributed by atoms with van der Waals surface area (Å²) in [6.45, 7) is 0.732. The molecular weight excluding hydrogens is 223 g/mol. The van der Waals surface area contributed by atoms with Gasteiger partial charge in [0, 0.05) is 0 Å². The minimum Gasteiger partial charge on any atom is -0.486 e. The molecule has 2 rings (SSSR count). The summed E-state index contributed by atoms with van der Waals surface area (Å²) in [6.07, 6.45) is -4.45. The van der Waals surface area contributed by atoms with Crippen molar-refractivity contribution in [3.8, 4) is 11.5 Å². The van der Waals surface area contributed by atoms with Gasteiger partial charge in [-0.15, -0.1) is 0 Å². The van der Waals surface area contributed by atoms with E-state index in [9.17, 15) is 13.2 Å². The standard InChI is InChI=1S/C10H10F3NO2/c11-10(12,13)9(14)6-1-2-7-8(5-6)16-4-3-15-7/h1-2,5,9H,3-4,14H2/t9-/m0/s1.